The Kier molecular flexibility index (Phi) is 2.71. The van der Waals surface area contributed by atoms with E-state index in [2.05, 4.69) is 0 Å². The lowest BCUT2D eigenvalue weighted by Gasteiger charge is -2.02. The second-order valence-corrected chi connectivity index (χ2v) is 2.82. The van der Waals surface area contributed by atoms with E-state index in [-0.39, 0.29) is 17.1 Å². The number of carbonyl (C=O) groups excluding carboxylic acids is 1. The molecule has 64 valence electrons. The minimum atomic E-state index is -0.141. The number of ketones is 1. The molecule has 1 rings (SSSR count). The van der Waals surface area contributed by atoms with Gasteiger partial charge in [-0.15, -0.1) is 0 Å². The maximum Gasteiger partial charge on any atom is 0.167 e. The highest BCUT2D eigenvalue weighted by Gasteiger charge is 2.12. The number of Topliss-reactive ketones (excluding diaryl/α,β-unsaturated/α-hetero) is 1. The van der Waals surface area contributed by atoms with Crippen molar-refractivity contribution >= 4 is 17.4 Å². The Morgan fingerprint density at radius 2 is 2.25 bits per heavy atom. The van der Waals surface area contributed by atoms with E-state index in [0.717, 1.165) is 0 Å². The number of halogens is 1. The second kappa shape index (κ2) is 3.59. The van der Waals surface area contributed by atoms with Crippen molar-refractivity contribution in [2.45, 2.75) is 13.3 Å². The van der Waals surface area contributed by atoms with Crippen LogP contribution in [0.25, 0.3) is 0 Å². The van der Waals surface area contributed by atoms with Gasteiger partial charge in [0.25, 0.3) is 0 Å². The number of benzene rings is 1. The van der Waals surface area contributed by atoms with Crippen LogP contribution in [0.5, 0.6) is 5.75 Å². The Bertz CT molecular complexity index is 287. The van der Waals surface area contributed by atoms with Crippen LogP contribution >= 0.6 is 11.6 Å². The van der Waals surface area contributed by atoms with Gasteiger partial charge in [-0.2, -0.15) is 0 Å². The molecule has 12 heavy (non-hydrogen) atoms. The van der Waals surface area contributed by atoms with Crippen LogP contribution in [0.1, 0.15) is 23.7 Å². The average Bonchev–Trinajstić information content (AvgIpc) is 2.03. The molecule has 0 atom stereocenters. The first-order valence-electron chi connectivity index (χ1n) is 3.67. The first kappa shape index (κ1) is 9.07. The highest BCUT2D eigenvalue weighted by atomic mass is 35.5. The van der Waals surface area contributed by atoms with Crippen LogP contribution in [0, 0.1) is 0 Å². The Labute approximate surface area is 75.8 Å². The molecule has 1 aromatic rings. The molecule has 0 radical (unpaired) electrons. The lowest BCUT2D eigenvalue weighted by Crippen LogP contribution is -1.97. The standard InChI is InChI=1S/C9H9ClO2/c1-2-7(11)9-6(10)4-3-5-8(9)12/h3-5,12H,2H2,1H3. The van der Waals surface area contributed by atoms with Gasteiger partial charge in [0.05, 0.1) is 10.6 Å². The monoisotopic (exact) mass is 184 g/mol. The fraction of sp³-hybridized carbons (Fsp3) is 0.222. The average molecular weight is 185 g/mol. The van der Waals surface area contributed by atoms with E-state index < -0.39 is 0 Å². The van der Waals surface area contributed by atoms with Gasteiger partial charge in [-0.25, -0.2) is 0 Å². The number of rotatable bonds is 2. The fourth-order valence-electron chi connectivity index (χ4n) is 0.966. The van der Waals surface area contributed by atoms with Gasteiger partial charge < -0.3 is 5.11 Å². The van der Waals surface area contributed by atoms with Crippen LogP contribution < -0.4 is 0 Å². The van der Waals surface area contributed by atoms with E-state index in [4.69, 9.17) is 11.6 Å². The van der Waals surface area contributed by atoms with E-state index in [1.165, 1.54) is 6.07 Å². The van der Waals surface area contributed by atoms with Crippen LogP contribution in [0.15, 0.2) is 18.2 Å². The molecule has 0 spiro atoms. The predicted molar refractivity (Wildman–Crippen MR) is 47.7 cm³/mol. The van der Waals surface area contributed by atoms with E-state index >= 15 is 0 Å². The summed E-state index contributed by atoms with van der Waals surface area (Å²) in [7, 11) is 0. The van der Waals surface area contributed by atoms with Gasteiger partial charge in [-0.1, -0.05) is 24.6 Å². The fourth-order valence-corrected chi connectivity index (χ4v) is 1.24. The summed E-state index contributed by atoms with van der Waals surface area (Å²) < 4.78 is 0. The summed E-state index contributed by atoms with van der Waals surface area (Å²) in [5.74, 6) is -0.188. The molecule has 0 unspecified atom stereocenters. The molecule has 3 heteroatoms. The van der Waals surface area contributed by atoms with Crippen molar-refractivity contribution in [3.63, 3.8) is 0 Å². The van der Waals surface area contributed by atoms with Crippen LogP contribution in [0.3, 0.4) is 0 Å². The van der Waals surface area contributed by atoms with E-state index in [1.807, 2.05) is 0 Å². The summed E-state index contributed by atoms with van der Waals surface area (Å²) in [5, 5.41) is 9.59. The van der Waals surface area contributed by atoms with E-state index in [0.29, 0.717) is 11.4 Å². The Hall–Kier alpha value is -1.02. The van der Waals surface area contributed by atoms with Crippen molar-refractivity contribution in [1.82, 2.24) is 0 Å². The molecule has 0 aliphatic carbocycles. The number of hydrogen-bond acceptors (Lipinski definition) is 2. The molecule has 0 aliphatic rings. The van der Waals surface area contributed by atoms with Crippen molar-refractivity contribution in [3.8, 4) is 5.75 Å². The first-order valence-corrected chi connectivity index (χ1v) is 4.05. The van der Waals surface area contributed by atoms with Crippen molar-refractivity contribution in [1.29, 1.82) is 0 Å². The number of aromatic hydroxyl groups is 1. The normalized spacial score (nSPS) is 9.83. The number of phenolic OH excluding ortho intramolecular Hbond substituents is 1. The number of phenols is 1. The van der Waals surface area contributed by atoms with Crippen molar-refractivity contribution < 1.29 is 9.90 Å². The number of carbonyl (C=O) groups is 1. The smallest absolute Gasteiger partial charge is 0.167 e. The van der Waals surface area contributed by atoms with E-state index in [1.54, 1.807) is 19.1 Å². The Morgan fingerprint density at radius 1 is 1.58 bits per heavy atom. The lowest BCUT2D eigenvalue weighted by molar-refractivity contribution is 0.0986. The lowest BCUT2D eigenvalue weighted by atomic mass is 10.1. The summed E-state index contributed by atoms with van der Waals surface area (Å²) >= 11 is 5.72. The van der Waals surface area contributed by atoms with E-state index in [9.17, 15) is 9.90 Å². The van der Waals surface area contributed by atoms with Gasteiger partial charge in [0.2, 0.25) is 0 Å². The van der Waals surface area contributed by atoms with Crippen molar-refractivity contribution in [2.75, 3.05) is 0 Å². The van der Waals surface area contributed by atoms with Gasteiger partial charge in [0, 0.05) is 6.42 Å². The van der Waals surface area contributed by atoms with Gasteiger partial charge in [0.15, 0.2) is 5.78 Å². The minimum absolute atomic E-state index is 0.0469. The molecule has 0 saturated heterocycles. The third kappa shape index (κ3) is 1.59. The molecular formula is C9H9ClO2. The molecule has 1 aromatic carbocycles. The Morgan fingerprint density at radius 3 is 2.75 bits per heavy atom. The summed E-state index contributed by atoms with van der Waals surface area (Å²) in [6.07, 6.45) is 0.345. The summed E-state index contributed by atoms with van der Waals surface area (Å²) in [5.41, 5.74) is 0.224. The molecule has 2 nitrogen and oxygen atoms in total. The molecule has 0 saturated carbocycles. The highest BCUT2D eigenvalue weighted by molar-refractivity contribution is 6.34. The third-order valence-electron chi connectivity index (χ3n) is 1.59. The molecule has 1 N–H and O–H groups in total. The zero-order chi connectivity index (χ0) is 9.14. The molecule has 0 fully saturated rings. The molecule has 0 amide bonds. The van der Waals surface area contributed by atoms with Crippen molar-refractivity contribution in [2.24, 2.45) is 0 Å². The summed E-state index contributed by atoms with van der Waals surface area (Å²) in [4.78, 5) is 11.2. The molecule has 0 aromatic heterocycles. The zero-order valence-corrected chi connectivity index (χ0v) is 7.43. The SMILES string of the molecule is CCC(=O)c1c(O)cccc1Cl. The van der Waals surface area contributed by atoms with Crippen LogP contribution in [-0.4, -0.2) is 10.9 Å². The molecular weight excluding hydrogens is 176 g/mol. The first-order chi connectivity index (χ1) is 5.66. The quantitative estimate of drug-likeness (QED) is 0.718. The van der Waals surface area contributed by atoms with Crippen molar-refractivity contribution in [3.05, 3.63) is 28.8 Å². The van der Waals surface area contributed by atoms with Gasteiger partial charge >= 0.3 is 0 Å². The maximum atomic E-state index is 11.2. The van der Waals surface area contributed by atoms with Gasteiger partial charge in [0.1, 0.15) is 5.75 Å². The second-order valence-electron chi connectivity index (χ2n) is 2.41. The van der Waals surface area contributed by atoms with Gasteiger partial charge in [-0.3, -0.25) is 4.79 Å². The topological polar surface area (TPSA) is 37.3 Å². The maximum absolute atomic E-state index is 11.2. The number of hydrogen-bond donors (Lipinski definition) is 1. The summed E-state index contributed by atoms with van der Waals surface area (Å²) in [6, 6.07) is 4.64. The zero-order valence-electron chi connectivity index (χ0n) is 6.67. The largest absolute Gasteiger partial charge is 0.507 e. The van der Waals surface area contributed by atoms with Crippen LogP contribution in [0.2, 0.25) is 5.02 Å². The van der Waals surface area contributed by atoms with Gasteiger partial charge in [-0.05, 0) is 12.1 Å². The Balaban J connectivity index is 3.21. The molecule has 0 bridgehead atoms. The molecule has 0 aliphatic heterocycles. The highest BCUT2D eigenvalue weighted by Crippen LogP contribution is 2.26. The third-order valence-corrected chi connectivity index (χ3v) is 1.91. The minimum Gasteiger partial charge on any atom is -0.507 e. The van der Waals surface area contributed by atoms with Crippen LogP contribution in [-0.2, 0) is 0 Å². The summed E-state index contributed by atoms with van der Waals surface area (Å²) in [6.45, 7) is 1.73. The predicted octanol–water partition coefficient (Wildman–Crippen LogP) is 2.64. The van der Waals surface area contributed by atoms with Crippen LogP contribution in [0.4, 0.5) is 0 Å². The molecule has 0 heterocycles.